The van der Waals surface area contributed by atoms with E-state index in [1.54, 1.807) is 34.5 Å². The highest BCUT2D eigenvalue weighted by Crippen LogP contribution is 2.33. The fourth-order valence-corrected chi connectivity index (χ4v) is 6.90. The van der Waals surface area contributed by atoms with Gasteiger partial charge in [0.25, 0.3) is 10.0 Å². The van der Waals surface area contributed by atoms with Crippen molar-refractivity contribution in [2.24, 2.45) is 0 Å². The topological polar surface area (TPSA) is 97.1 Å². The zero-order valence-corrected chi connectivity index (χ0v) is 19.1. The second-order valence-corrected chi connectivity index (χ2v) is 11.3. The fourth-order valence-electron chi connectivity index (χ4n) is 3.37. The molecule has 0 bridgehead atoms. The Morgan fingerprint density at radius 2 is 1.77 bits per heavy atom. The average molecular weight is 474 g/mol. The van der Waals surface area contributed by atoms with Gasteiger partial charge in [-0.1, -0.05) is 0 Å². The van der Waals surface area contributed by atoms with Gasteiger partial charge in [-0.15, -0.1) is 32.9 Å². The highest BCUT2D eigenvalue weighted by Gasteiger charge is 2.30. The van der Waals surface area contributed by atoms with Gasteiger partial charge in [0.1, 0.15) is 4.21 Å². The molecule has 31 heavy (non-hydrogen) atoms. The molecule has 0 radical (unpaired) electrons. The lowest BCUT2D eigenvalue weighted by Crippen LogP contribution is -2.48. The molecule has 0 saturated carbocycles. The minimum atomic E-state index is -3.53. The second-order valence-electron chi connectivity index (χ2n) is 6.96. The van der Waals surface area contributed by atoms with Gasteiger partial charge in [-0.2, -0.15) is 9.40 Å². The summed E-state index contributed by atoms with van der Waals surface area (Å²) in [6, 6.07) is 9.07. The predicted molar refractivity (Wildman–Crippen MR) is 120 cm³/mol. The molecular formula is C19H19N7O2S3. The number of nitrogens with zero attached hydrogens (tertiary/aromatic N) is 7. The highest BCUT2D eigenvalue weighted by atomic mass is 32.2. The van der Waals surface area contributed by atoms with Crippen LogP contribution in [0.3, 0.4) is 0 Å². The third-order valence-electron chi connectivity index (χ3n) is 4.99. The van der Waals surface area contributed by atoms with Gasteiger partial charge >= 0.3 is 0 Å². The van der Waals surface area contributed by atoms with E-state index in [1.165, 1.54) is 15.6 Å². The van der Waals surface area contributed by atoms with E-state index in [2.05, 4.69) is 20.3 Å². The van der Waals surface area contributed by atoms with Gasteiger partial charge in [-0.25, -0.2) is 18.1 Å². The molecular weight excluding hydrogens is 454 g/mol. The van der Waals surface area contributed by atoms with Crippen LogP contribution in [0, 0.1) is 6.92 Å². The summed E-state index contributed by atoms with van der Waals surface area (Å²) in [7, 11) is -3.53. The smallest absolute Gasteiger partial charge is 0.252 e. The Bertz CT molecular complexity index is 1270. The molecule has 0 atom stereocenters. The molecule has 1 aliphatic heterocycles. The lowest BCUT2D eigenvalue weighted by molar-refractivity contribution is 0.384. The quantitative estimate of drug-likeness (QED) is 0.440. The molecule has 0 aromatic carbocycles. The first kappa shape index (κ1) is 20.2. The molecule has 0 amide bonds. The van der Waals surface area contributed by atoms with Crippen molar-refractivity contribution in [3.8, 4) is 16.4 Å². The largest absolute Gasteiger partial charge is 0.352 e. The number of piperazine rings is 1. The third-order valence-corrected chi connectivity index (χ3v) is 9.23. The van der Waals surface area contributed by atoms with Gasteiger partial charge in [-0.05, 0) is 37.3 Å². The van der Waals surface area contributed by atoms with E-state index in [-0.39, 0.29) is 0 Å². The Hall–Kier alpha value is -2.67. The number of hydrogen-bond acceptors (Lipinski definition) is 9. The summed E-state index contributed by atoms with van der Waals surface area (Å²) in [4.78, 5) is 7.37. The van der Waals surface area contributed by atoms with Crippen molar-refractivity contribution in [2.45, 2.75) is 11.1 Å². The van der Waals surface area contributed by atoms with E-state index in [4.69, 9.17) is 0 Å². The summed E-state index contributed by atoms with van der Waals surface area (Å²) in [5.41, 5.74) is 0.830. The van der Waals surface area contributed by atoms with Crippen LogP contribution in [-0.2, 0) is 10.0 Å². The van der Waals surface area contributed by atoms with Crippen LogP contribution >= 0.6 is 22.7 Å². The molecule has 5 heterocycles. The molecule has 0 N–H and O–H groups in total. The molecule has 0 aliphatic carbocycles. The zero-order valence-electron chi connectivity index (χ0n) is 16.6. The SMILES string of the molecule is Cc1nc(-c2ccc(S(=O)(=O)N3CCN(c4ccc(-n5cccn5)nn4)CC3)s2)cs1. The molecule has 4 aromatic heterocycles. The van der Waals surface area contributed by atoms with Crippen molar-refractivity contribution in [2.75, 3.05) is 31.1 Å². The van der Waals surface area contributed by atoms with Crippen molar-refractivity contribution >= 4 is 38.5 Å². The lowest BCUT2D eigenvalue weighted by atomic mass is 10.3. The highest BCUT2D eigenvalue weighted by molar-refractivity contribution is 7.91. The molecule has 0 unspecified atom stereocenters. The van der Waals surface area contributed by atoms with E-state index >= 15 is 0 Å². The lowest BCUT2D eigenvalue weighted by Gasteiger charge is -2.34. The number of aryl methyl sites for hydroxylation is 1. The Kier molecular flexibility index (Phi) is 5.30. The normalized spacial score (nSPS) is 15.5. The Balaban J connectivity index is 1.26. The van der Waals surface area contributed by atoms with Crippen molar-refractivity contribution in [3.05, 3.63) is 53.1 Å². The first-order valence-electron chi connectivity index (χ1n) is 9.62. The van der Waals surface area contributed by atoms with Gasteiger partial charge in [-0.3, -0.25) is 0 Å². The summed E-state index contributed by atoms with van der Waals surface area (Å²) in [6.45, 7) is 3.84. The maximum atomic E-state index is 13.1. The van der Waals surface area contributed by atoms with Crippen molar-refractivity contribution in [1.82, 2.24) is 29.3 Å². The van der Waals surface area contributed by atoms with E-state index in [0.29, 0.717) is 36.2 Å². The van der Waals surface area contributed by atoms with Gasteiger partial charge in [0.2, 0.25) is 0 Å². The molecule has 1 fully saturated rings. The number of anilines is 1. The van der Waals surface area contributed by atoms with E-state index in [1.807, 2.05) is 41.5 Å². The molecule has 5 rings (SSSR count). The van der Waals surface area contributed by atoms with Gasteiger partial charge in [0.15, 0.2) is 11.6 Å². The number of aromatic nitrogens is 5. The minimum absolute atomic E-state index is 0.352. The van der Waals surface area contributed by atoms with Crippen LogP contribution in [0.15, 0.2) is 52.3 Å². The minimum Gasteiger partial charge on any atom is -0.352 e. The number of hydrogen-bond donors (Lipinski definition) is 0. The molecule has 4 aromatic rings. The molecule has 9 nitrogen and oxygen atoms in total. The summed E-state index contributed by atoms with van der Waals surface area (Å²) in [6.07, 6.45) is 3.49. The number of thiophene rings is 1. The second kappa shape index (κ2) is 8.11. The molecule has 160 valence electrons. The Morgan fingerprint density at radius 3 is 2.42 bits per heavy atom. The van der Waals surface area contributed by atoms with Crippen LogP contribution in [0.4, 0.5) is 5.82 Å². The predicted octanol–water partition coefficient (Wildman–Crippen LogP) is 2.67. The van der Waals surface area contributed by atoms with Crippen molar-refractivity contribution in [3.63, 3.8) is 0 Å². The molecule has 1 aliphatic rings. The Morgan fingerprint density at radius 1 is 1.00 bits per heavy atom. The fraction of sp³-hybridized carbons (Fsp3) is 0.263. The van der Waals surface area contributed by atoms with E-state index in [9.17, 15) is 8.42 Å². The first-order valence-corrected chi connectivity index (χ1v) is 12.8. The van der Waals surface area contributed by atoms with Crippen LogP contribution in [0.25, 0.3) is 16.4 Å². The summed E-state index contributed by atoms with van der Waals surface area (Å²) in [5.74, 6) is 1.36. The average Bonchev–Trinajstić information content (AvgIpc) is 3.55. The van der Waals surface area contributed by atoms with Crippen LogP contribution in [-0.4, -0.2) is 63.9 Å². The summed E-state index contributed by atoms with van der Waals surface area (Å²) < 4.78 is 29.8. The third kappa shape index (κ3) is 3.99. The maximum absolute atomic E-state index is 13.1. The maximum Gasteiger partial charge on any atom is 0.252 e. The number of thiazole rings is 1. The molecule has 0 spiro atoms. The molecule has 1 saturated heterocycles. The van der Waals surface area contributed by atoms with Crippen LogP contribution in [0.5, 0.6) is 0 Å². The standard InChI is InChI=1S/C19H19N7O2S3/c1-14-21-15(13-29-14)16-3-6-19(30-16)31(27,28)25-11-9-24(10-12-25)17-4-5-18(23-22-17)26-8-2-7-20-26/h2-8,13H,9-12H2,1H3. The summed E-state index contributed by atoms with van der Waals surface area (Å²) >= 11 is 2.82. The van der Waals surface area contributed by atoms with Gasteiger partial charge in [0.05, 0.1) is 15.6 Å². The number of sulfonamides is 1. The van der Waals surface area contributed by atoms with Crippen molar-refractivity contribution < 1.29 is 8.42 Å². The van der Waals surface area contributed by atoms with E-state index < -0.39 is 10.0 Å². The number of rotatable bonds is 5. The first-order chi connectivity index (χ1) is 15.0. The monoisotopic (exact) mass is 473 g/mol. The van der Waals surface area contributed by atoms with Crippen molar-refractivity contribution in [1.29, 1.82) is 0 Å². The van der Waals surface area contributed by atoms with Gasteiger partial charge in [0, 0.05) is 44.0 Å². The Labute approximate surface area is 187 Å². The van der Waals surface area contributed by atoms with Crippen LogP contribution in [0.2, 0.25) is 0 Å². The van der Waals surface area contributed by atoms with Gasteiger partial charge < -0.3 is 4.90 Å². The van der Waals surface area contributed by atoms with Crippen LogP contribution < -0.4 is 4.90 Å². The van der Waals surface area contributed by atoms with E-state index in [0.717, 1.165) is 21.4 Å². The summed E-state index contributed by atoms with van der Waals surface area (Å²) in [5, 5.41) is 15.6. The molecule has 12 heteroatoms. The zero-order chi connectivity index (χ0) is 21.4. The van der Waals surface area contributed by atoms with Crippen LogP contribution in [0.1, 0.15) is 5.01 Å².